The number of benzene rings is 2. The molecule has 1 N–H and O–H groups in total. The lowest BCUT2D eigenvalue weighted by molar-refractivity contribution is 1.09. The topological polar surface area (TPSA) is 12.0 Å². The number of hydrogen-bond donors (Lipinski definition) is 1. The minimum atomic E-state index is 1.09. The van der Waals surface area contributed by atoms with E-state index in [0.717, 1.165) is 6.42 Å². The molecular weight excluding hydrogens is 226 g/mol. The predicted octanol–water partition coefficient (Wildman–Crippen LogP) is 4.77. The lowest BCUT2D eigenvalue weighted by Crippen LogP contribution is -2.01. The van der Waals surface area contributed by atoms with Gasteiger partial charge < -0.3 is 5.32 Å². The highest BCUT2D eigenvalue weighted by Gasteiger charge is 2.16. The molecule has 3 rings (SSSR count). The van der Waals surface area contributed by atoms with Crippen LogP contribution >= 0.6 is 11.8 Å². The van der Waals surface area contributed by atoms with Crippen LogP contribution in [0.3, 0.4) is 0 Å². The molecule has 0 unspecified atom stereocenters. The van der Waals surface area contributed by atoms with E-state index in [1.54, 1.807) is 0 Å². The van der Waals surface area contributed by atoms with Gasteiger partial charge >= 0.3 is 0 Å². The molecule has 1 nitrogen and oxygen atoms in total. The summed E-state index contributed by atoms with van der Waals surface area (Å²) in [6.07, 6.45) is 1.09. The predicted molar refractivity (Wildman–Crippen MR) is 74.4 cm³/mol. The Morgan fingerprint density at radius 2 is 1.88 bits per heavy atom. The SMILES string of the molecule is CCc1cc2c(cc1C)Sc1ccccc1N2. The molecule has 0 saturated heterocycles. The molecule has 2 aromatic rings. The number of rotatable bonds is 1. The number of aryl methyl sites for hydroxylation is 2. The summed E-state index contributed by atoms with van der Waals surface area (Å²) in [6, 6.07) is 13.0. The molecule has 0 aliphatic carbocycles. The summed E-state index contributed by atoms with van der Waals surface area (Å²) in [5, 5.41) is 3.52. The van der Waals surface area contributed by atoms with Crippen LogP contribution in [0.2, 0.25) is 0 Å². The maximum absolute atomic E-state index is 3.52. The number of nitrogens with one attached hydrogen (secondary N) is 1. The van der Waals surface area contributed by atoms with Gasteiger partial charge in [0.2, 0.25) is 0 Å². The average molecular weight is 241 g/mol. The molecule has 0 radical (unpaired) electrons. The third-order valence-electron chi connectivity index (χ3n) is 3.20. The van der Waals surface area contributed by atoms with Crippen molar-refractivity contribution in [3.8, 4) is 0 Å². The van der Waals surface area contributed by atoms with E-state index in [9.17, 15) is 0 Å². The van der Waals surface area contributed by atoms with Crippen LogP contribution in [0.25, 0.3) is 0 Å². The first-order valence-electron chi connectivity index (χ1n) is 5.95. The van der Waals surface area contributed by atoms with E-state index < -0.39 is 0 Å². The Morgan fingerprint density at radius 3 is 2.71 bits per heavy atom. The largest absolute Gasteiger partial charge is 0.354 e. The zero-order chi connectivity index (χ0) is 11.8. The van der Waals surface area contributed by atoms with Gasteiger partial charge in [0.05, 0.1) is 11.4 Å². The van der Waals surface area contributed by atoms with Crippen molar-refractivity contribution in [3.63, 3.8) is 0 Å². The Balaban J connectivity index is 2.09. The van der Waals surface area contributed by atoms with Crippen molar-refractivity contribution >= 4 is 23.1 Å². The Labute approximate surface area is 106 Å². The molecule has 2 heteroatoms. The maximum atomic E-state index is 3.52. The van der Waals surface area contributed by atoms with Crippen LogP contribution in [0.15, 0.2) is 46.2 Å². The van der Waals surface area contributed by atoms with Crippen LogP contribution in [-0.4, -0.2) is 0 Å². The molecule has 2 aromatic carbocycles. The van der Waals surface area contributed by atoms with Crippen molar-refractivity contribution in [2.24, 2.45) is 0 Å². The molecule has 0 amide bonds. The van der Waals surface area contributed by atoms with Crippen molar-refractivity contribution in [1.82, 2.24) is 0 Å². The fourth-order valence-corrected chi connectivity index (χ4v) is 3.28. The van der Waals surface area contributed by atoms with E-state index in [1.165, 1.54) is 32.3 Å². The second-order valence-electron chi connectivity index (χ2n) is 4.35. The van der Waals surface area contributed by atoms with E-state index in [-0.39, 0.29) is 0 Å². The Hall–Kier alpha value is -1.41. The van der Waals surface area contributed by atoms with Gasteiger partial charge in [0.25, 0.3) is 0 Å². The summed E-state index contributed by atoms with van der Waals surface area (Å²) in [5.74, 6) is 0. The minimum absolute atomic E-state index is 1.09. The van der Waals surface area contributed by atoms with Crippen LogP contribution in [0.4, 0.5) is 11.4 Å². The van der Waals surface area contributed by atoms with Crippen molar-refractivity contribution in [2.45, 2.75) is 30.1 Å². The van der Waals surface area contributed by atoms with Crippen LogP contribution in [0.1, 0.15) is 18.1 Å². The third-order valence-corrected chi connectivity index (χ3v) is 4.33. The lowest BCUT2D eigenvalue weighted by atomic mass is 10.1. The zero-order valence-corrected chi connectivity index (χ0v) is 10.9. The molecule has 1 heterocycles. The molecule has 0 fully saturated rings. The van der Waals surface area contributed by atoms with E-state index in [1.807, 2.05) is 11.8 Å². The maximum Gasteiger partial charge on any atom is 0.0529 e. The first-order valence-corrected chi connectivity index (χ1v) is 6.77. The quantitative estimate of drug-likeness (QED) is 0.659. The van der Waals surface area contributed by atoms with Crippen LogP contribution in [-0.2, 0) is 6.42 Å². The number of anilines is 2. The summed E-state index contributed by atoms with van der Waals surface area (Å²) >= 11 is 1.85. The first-order chi connectivity index (χ1) is 8.28. The van der Waals surface area contributed by atoms with Gasteiger partial charge in [-0.1, -0.05) is 30.8 Å². The van der Waals surface area contributed by atoms with Gasteiger partial charge in [-0.2, -0.15) is 0 Å². The number of fused-ring (bicyclic) bond motifs is 2. The summed E-state index contributed by atoms with van der Waals surface area (Å²) < 4.78 is 0. The highest BCUT2D eigenvalue weighted by Crippen LogP contribution is 2.44. The Kier molecular flexibility index (Phi) is 2.60. The summed E-state index contributed by atoms with van der Waals surface area (Å²) in [5.41, 5.74) is 5.28. The number of para-hydroxylation sites is 1. The zero-order valence-electron chi connectivity index (χ0n) is 10.1. The molecule has 0 spiro atoms. The van der Waals surface area contributed by atoms with Crippen molar-refractivity contribution in [3.05, 3.63) is 47.5 Å². The standard InChI is InChI=1S/C15H15NS/c1-3-11-9-13-15(8-10(11)2)17-14-7-5-4-6-12(14)16-13/h4-9,16H,3H2,1-2H3. The summed E-state index contributed by atoms with van der Waals surface area (Å²) in [7, 11) is 0. The second-order valence-corrected chi connectivity index (χ2v) is 5.44. The Bertz CT molecular complexity index is 575. The second kappa shape index (κ2) is 4.11. The molecular formula is C15H15NS. The van der Waals surface area contributed by atoms with Crippen molar-refractivity contribution < 1.29 is 0 Å². The highest BCUT2D eigenvalue weighted by atomic mass is 32.2. The average Bonchev–Trinajstić information content (AvgIpc) is 2.35. The fourth-order valence-electron chi connectivity index (χ4n) is 2.21. The highest BCUT2D eigenvalue weighted by molar-refractivity contribution is 7.99. The molecule has 0 aromatic heterocycles. The molecule has 17 heavy (non-hydrogen) atoms. The molecule has 0 bridgehead atoms. The fraction of sp³-hybridized carbons (Fsp3) is 0.200. The summed E-state index contributed by atoms with van der Waals surface area (Å²) in [4.78, 5) is 2.64. The van der Waals surface area contributed by atoms with Crippen LogP contribution in [0.5, 0.6) is 0 Å². The van der Waals surface area contributed by atoms with Crippen molar-refractivity contribution in [1.29, 1.82) is 0 Å². The molecule has 86 valence electrons. The van der Waals surface area contributed by atoms with E-state index in [0.29, 0.717) is 0 Å². The third kappa shape index (κ3) is 1.83. The van der Waals surface area contributed by atoms with Gasteiger partial charge in [0.1, 0.15) is 0 Å². The molecule has 1 aliphatic heterocycles. The van der Waals surface area contributed by atoms with E-state index >= 15 is 0 Å². The van der Waals surface area contributed by atoms with Gasteiger partial charge in [-0.25, -0.2) is 0 Å². The van der Waals surface area contributed by atoms with Gasteiger partial charge in [0.15, 0.2) is 0 Å². The van der Waals surface area contributed by atoms with E-state index in [2.05, 4.69) is 55.6 Å². The molecule has 1 aliphatic rings. The minimum Gasteiger partial charge on any atom is -0.354 e. The monoisotopic (exact) mass is 241 g/mol. The van der Waals surface area contributed by atoms with Crippen LogP contribution in [0, 0.1) is 6.92 Å². The van der Waals surface area contributed by atoms with Gasteiger partial charge in [-0.05, 0) is 48.7 Å². The first kappa shape index (κ1) is 10.7. The van der Waals surface area contributed by atoms with E-state index in [4.69, 9.17) is 0 Å². The summed E-state index contributed by atoms with van der Waals surface area (Å²) in [6.45, 7) is 4.40. The molecule has 0 saturated carbocycles. The normalized spacial score (nSPS) is 12.6. The van der Waals surface area contributed by atoms with Crippen LogP contribution < -0.4 is 5.32 Å². The molecule has 0 atom stereocenters. The van der Waals surface area contributed by atoms with Crippen molar-refractivity contribution in [2.75, 3.05) is 5.32 Å². The Morgan fingerprint density at radius 1 is 1.06 bits per heavy atom. The van der Waals surface area contributed by atoms with Gasteiger partial charge in [0, 0.05) is 9.79 Å². The lowest BCUT2D eigenvalue weighted by Gasteiger charge is -2.22. The number of hydrogen-bond acceptors (Lipinski definition) is 2. The van der Waals surface area contributed by atoms with Gasteiger partial charge in [-0.3, -0.25) is 0 Å². The van der Waals surface area contributed by atoms with Gasteiger partial charge in [-0.15, -0.1) is 0 Å². The smallest absolute Gasteiger partial charge is 0.0529 e.